The van der Waals surface area contributed by atoms with E-state index in [9.17, 15) is 4.79 Å². The Hall–Kier alpha value is -0.750. The Morgan fingerprint density at radius 2 is 2.12 bits per heavy atom. The Morgan fingerprint density at radius 1 is 1.53 bits per heavy atom. The van der Waals surface area contributed by atoms with Gasteiger partial charge in [0.2, 0.25) is 0 Å². The topological polar surface area (TPSA) is 73.8 Å². The number of hydrogen-bond acceptors (Lipinski definition) is 4. The first-order valence-electron chi connectivity index (χ1n) is 5.54. The molecule has 0 saturated heterocycles. The van der Waals surface area contributed by atoms with Crippen molar-refractivity contribution in [3.05, 3.63) is 10.3 Å². The van der Waals surface area contributed by atoms with Crippen LogP contribution in [-0.2, 0) is 7.05 Å². The van der Waals surface area contributed by atoms with Crippen LogP contribution in [0.25, 0.3) is 0 Å². The number of aryl methyl sites for hydroxylation is 1. The third kappa shape index (κ3) is 4.20. The van der Waals surface area contributed by atoms with E-state index in [0.717, 1.165) is 6.42 Å². The molecule has 1 rings (SSSR count). The van der Waals surface area contributed by atoms with Crippen molar-refractivity contribution in [3.63, 3.8) is 0 Å². The summed E-state index contributed by atoms with van der Waals surface area (Å²) in [5, 5.41) is 7.56. The lowest BCUT2D eigenvalue weighted by atomic mass is 9.86. The Labute approximate surface area is 110 Å². The van der Waals surface area contributed by atoms with E-state index in [0.29, 0.717) is 16.7 Å². The van der Waals surface area contributed by atoms with Gasteiger partial charge in [-0.2, -0.15) is 0 Å². The maximum absolute atomic E-state index is 12.0. The molecule has 1 unspecified atom stereocenters. The number of hydrogen-bond donors (Lipinski definition) is 1. The molecule has 6 heteroatoms. The second-order valence-corrected chi connectivity index (χ2v) is 6.26. The monoisotopic (exact) mass is 302 g/mol. The van der Waals surface area contributed by atoms with E-state index in [2.05, 4.69) is 47.0 Å². The highest BCUT2D eigenvalue weighted by Gasteiger charge is 2.22. The van der Waals surface area contributed by atoms with E-state index in [-0.39, 0.29) is 17.2 Å². The smallest absolute Gasteiger partial charge is 0.185 e. The maximum atomic E-state index is 12.0. The van der Waals surface area contributed by atoms with Gasteiger partial charge >= 0.3 is 0 Å². The van der Waals surface area contributed by atoms with Gasteiger partial charge in [0, 0.05) is 19.5 Å². The van der Waals surface area contributed by atoms with E-state index in [4.69, 9.17) is 5.73 Å². The Bertz CT molecular complexity index is 389. The van der Waals surface area contributed by atoms with Crippen molar-refractivity contribution in [2.75, 3.05) is 0 Å². The molecule has 0 aliphatic heterocycles. The molecule has 0 spiro atoms. The molecule has 1 heterocycles. The summed E-state index contributed by atoms with van der Waals surface area (Å²) < 4.78 is 1.95. The summed E-state index contributed by atoms with van der Waals surface area (Å²) in [5.74, 6) is -0.0267. The van der Waals surface area contributed by atoms with Crippen molar-refractivity contribution < 1.29 is 4.79 Å². The van der Waals surface area contributed by atoms with Crippen LogP contribution in [0.5, 0.6) is 0 Å². The molecule has 0 radical (unpaired) electrons. The van der Waals surface area contributed by atoms with E-state index < -0.39 is 0 Å². The number of Topliss-reactive ketones (excluding diaryl/α,β-unsaturated/α-hetero) is 1. The first-order chi connectivity index (χ1) is 7.70. The number of carbonyl (C=O) groups excluding carboxylic acids is 1. The summed E-state index contributed by atoms with van der Waals surface area (Å²) in [5.41, 5.74) is 6.59. The van der Waals surface area contributed by atoms with Crippen molar-refractivity contribution in [1.29, 1.82) is 0 Å². The zero-order chi connectivity index (χ0) is 13.2. The Balaban J connectivity index is 2.67. The standard InChI is InChI=1S/C11H19BrN4O/c1-11(2,3)6-7(13)5-8(17)9-10(12)14-15-16(9)4/h7H,5-6,13H2,1-4H3. The second kappa shape index (κ2) is 5.27. The molecule has 2 N–H and O–H groups in total. The predicted molar refractivity (Wildman–Crippen MR) is 69.7 cm³/mol. The third-order valence-electron chi connectivity index (χ3n) is 2.37. The molecule has 0 aromatic carbocycles. The van der Waals surface area contributed by atoms with E-state index in [1.165, 1.54) is 4.68 Å². The van der Waals surface area contributed by atoms with Gasteiger partial charge in [-0.15, -0.1) is 5.10 Å². The van der Waals surface area contributed by atoms with E-state index >= 15 is 0 Å². The number of carbonyl (C=O) groups is 1. The zero-order valence-electron chi connectivity index (χ0n) is 10.7. The van der Waals surface area contributed by atoms with E-state index in [1.54, 1.807) is 7.05 Å². The van der Waals surface area contributed by atoms with Crippen LogP contribution in [0.1, 0.15) is 44.1 Å². The molecule has 0 aliphatic rings. The lowest BCUT2D eigenvalue weighted by Gasteiger charge is -2.22. The molecule has 0 saturated carbocycles. The lowest BCUT2D eigenvalue weighted by Crippen LogP contribution is -2.29. The number of ketones is 1. The average molecular weight is 303 g/mol. The number of nitrogens with two attached hydrogens (primary N) is 1. The van der Waals surface area contributed by atoms with Crippen molar-refractivity contribution >= 4 is 21.7 Å². The first-order valence-corrected chi connectivity index (χ1v) is 6.34. The van der Waals surface area contributed by atoms with Crippen LogP contribution in [0.2, 0.25) is 0 Å². The summed E-state index contributed by atoms with van der Waals surface area (Å²) in [7, 11) is 1.69. The van der Waals surface area contributed by atoms with Crippen molar-refractivity contribution in [1.82, 2.24) is 15.0 Å². The van der Waals surface area contributed by atoms with Gasteiger partial charge in [0.25, 0.3) is 0 Å². The molecule has 0 aliphatic carbocycles. The van der Waals surface area contributed by atoms with Crippen molar-refractivity contribution in [2.45, 2.75) is 39.7 Å². The second-order valence-electron chi connectivity index (χ2n) is 5.50. The summed E-state index contributed by atoms with van der Waals surface area (Å²) in [6.45, 7) is 6.33. The van der Waals surface area contributed by atoms with Crippen LogP contribution in [0, 0.1) is 5.41 Å². The fourth-order valence-corrected chi connectivity index (χ4v) is 2.37. The largest absolute Gasteiger partial charge is 0.327 e. The van der Waals surface area contributed by atoms with Crippen LogP contribution in [0.3, 0.4) is 0 Å². The average Bonchev–Trinajstić information content (AvgIpc) is 2.42. The van der Waals surface area contributed by atoms with Gasteiger partial charge in [-0.25, -0.2) is 4.68 Å². The maximum Gasteiger partial charge on any atom is 0.185 e. The molecule has 17 heavy (non-hydrogen) atoms. The summed E-state index contributed by atoms with van der Waals surface area (Å²) in [6, 6.07) is -0.135. The number of rotatable bonds is 4. The molecular weight excluding hydrogens is 284 g/mol. The summed E-state index contributed by atoms with van der Waals surface area (Å²) >= 11 is 3.21. The van der Waals surface area contributed by atoms with Crippen LogP contribution in [0.4, 0.5) is 0 Å². The van der Waals surface area contributed by atoms with Crippen LogP contribution in [-0.4, -0.2) is 26.8 Å². The molecule has 1 atom stereocenters. The molecule has 96 valence electrons. The summed E-state index contributed by atoms with van der Waals surface area (Å²) in [4.78, 5) is 12.0. The zero-order valence-corrected chi connectivity index (χ0v) is 12.3. The number of nitrogens with zero attached hydrogens (tertiary/aromatic N) is 3. The lowest BCUT2D eigenvalue weighted by molar-refractivity contribution is 0.0958. The number of halogens is 1. The highest BCUT2D eigenvalue weighted by Crippen LogP contribution is 2.22. The van der Waals surface area contributed by atoms with Gasteiger partial charge in [0.05, 0.1) is 0 Å². The third-order valence-corrected chi connectivity index (χ3v) is 2.91. The van der Waals surface area contributed by atoms with Gasteiger partial charge in [0.15, 0.2) is 10.4 Å². The minimum absolute atomic E-state index is 0.0267. The van der Waals surface area contributed by atoms with Gasteiger partial charge in [-0.3, -0.25) is 4.79 Å². The van der Waals surface area contributed by atoms with E-state index in [1.807, 2.05) is 0 Å². The van der Waals surface area contributed by atoms with Gasteiger partial charge in [-0.05, 0) is 27.8 Å². The van der Waals surface area contributed by atoms with Crippen LogP contribution < -0.4 is 5.73 Å². The number of aromatic nitrogens is 3. The SMILES string of the molecule is Cn1nnc(Br)c1C(=O)CC(N)CC(C)(C)C. The molecule has 1 aromatic heterocycles. The molecule has 5 nitrogen and oxygen atoms in total. The fraction of sp³-hybridized carbons (Fsp3) is 0.727. The van der Waals surface area contributed by atoms with Gasteiger partial charge in [0.1, 0.15) is 5.69 Å². The highest BCUT2D eigenvalue weighted by molar-refractivity contribution is 9.10. The molecule has 1 aromatic rings. The Morgan fingerprint density at radius 3 is 2.53 bits per heavy atom. The summed E-state index contributed by atoms with van der Waals surface area (Å²) in [6.07, 6.45) is 1.12. The minimum atomic E-state index is -0.135. The molecule has 0 amide bonds. The first kappa shape index (κ1) is 14.3. The van der Waals surface area contributed by atoms with Crippen LogP contribution in [0.15, 0.2) is 4.60 Å². The quantitative estimate of drug-likeness (QED) is 0.862. The van der Waals surface area contributed by atoms with Gasteiger partial charge in [-0.1, -0.05) is 26.0 Å². The van der Waals surface area contributed by atoms with Crippen molar-refractivity contribution in [2.24, 2.45) is 18.2 Å². The molecular formula is C11H19BrN4O. The predicted octanol–water partition coefficient (Wildman–Crippen LogP) is 1.91. The molecule has 0 fully saturated rings. The minimum Gasteiger partial charge on any atom is -0.327 e. The molecule has 0 bridgehead atoms. The van der Waals surface area contributed by atoms with Gasteiger partial charge < -0.3 is 5.73 Å². The Kier molecular flexibility index (Phi) is 4.43. The van der Waals surface area contributed by atoms with Crippen molar-refractivity contribution in [3.8, 4) is 0 Å². The fourth-order valence-electron chi connectivity index (χ4n) is 1.82. The highest BCUT2D eigenvalue weighted by atomic mass is 79.9. The normalized spacial score (nSPS) is 13.8. The van der Waals surface area contributed by atoms with Crippen LogP contribution >= 0.6 is 15.9 Å².